The van der Waals surface area contributed by atoms with Gasteiger partial charge >= 0.3 is 0 Å². The van der Waals surface area contributed by atoms with E-state index < -0.39 is 0 Å². The molecule has 1 aliphatic rings. The number of benzene rings is 1. The summed E-state index contributed by atoms with van der Waals surface area (Å²) < 4.78 is 5.76. The highest BCUT2D eigenvalue weighted by atomic mass is 35.5. The molecule has 0 saturated heterocycles. The molecule has 0 amide bonds. The Hall–Kier alpha value is -0.770. The van der Waals surface area contributed by atoms with Crippen molar-refractivity contribution in [2.75, 3.05) is 26.7 Å². The number of nitrogens with zero attached hydrogens (tertiary/aromatic N) is 1. The van der Waals surface area contributed by atoms with Gasteiger partial charge in [0, 0.05) is 17.6 Å². The SMILES string of the molecule is CN(CCOc1ccc(Cl)cc1)C1CCCCC1CN. The number of hydrogen-bond acceptors (Lipinski definition) is 3. The third-order valence-corrected chi connectivity index (χ3v) is 4.52. The van der Waals surface area contributed by atoms with Crippen molar-refractivity contribution >= 4 is 11.6 Å². The van der Waals surface area contributed by atoms with Crippen LogP contribution in [-0.2, 0) is 0 Å². The zero-order chi connectivity index (χ0) is 14.4. The molecular formula is C16H25ClN2O. The Kier molecular flexibility index (Phi) is 6.14. The van der Waals surface area contributed by atoms with E-state index in [9.17, 15) is 0 Å². The van der Waals surface area contributed by atoms with Crippen molar-refractivity contribution < 1.29 is 4.74 Å². The van der Waals surface area contributed by atoms with Gasteiger partial charge in [-0.15, -0.1) is 0 Å². The first-order valence-electron chi connectivity index (χ1n) is 7.49. The molecule has 2 unspecified atom stereocenters. The predicted molar refractivity (Wildman–Crippen MR) is 84.4 cm³/mol. The van der Waals surface area contributed by atoms with E-state index in [1.54, 1.807) is 0 Å². The van der Waals surface area contributed by atoms with Gasteiger partial charge in [0.1, 0.15) is 12.4 Å². The molecule has 0 radical (unpaired) electrons. The van der Waals surface area contributed by atoms with Crippen LogP contribution < -0.4 is 10.5 Å². The topological polar surface area (TPSA) is 38.5 Å². The van der Waals surface area contributed by atoms with Crippen LogP contribution in [0, 0.1) is 5.92 Å². The third-order valence-electron chi connectivity index (χ3n) is 4.26. The fraction of sp³-hybridized carbons (Fsp3) is 0.625. The van der Waals surface area contributed by atoms with Crippen LogP contribution in [0.3, 0.4) is 0 Å². The fourth-order valence-corrected chi connectivity index (χ4v) is 3.17. The van der Waals surface area contributed by atoms with Crippen molar-refractivity contribution in [2.45, 2.75) is 31.7 Å². The second-order valence-electron chi connectivity index (χ2n) is 5.63. The second-order valence-corrected chi connectivity index (χ2v) is 6.07. The maximum Gasteiger partial charge on any atom is 0.119 e. The number of nitrogens with two attached hydrogens (primary N) is 1. The number of likely N-dealkylation sites (N-methyl/N-ethyl adjacent to an activating group) is 1. The van der Waals surface area contributed by atoms with E-state index in [0.29, 0.717) is 18.6 Å². The average molecular weight is 297 g/mol. The fourth-order valence-electron chi connectivity index (χ4n) is 3.05. The minimum atomic E-state index is 0.613. The Labute approximate surface area is 127 Å². The normalized spacial score (nSPS) is 23.0. The van der Waals surface area contributed by atoms with Gasteiger partial charge in [-0.25, -0.2) is 0 Å². The first-order chi connectivity index (χ1) is 9.70. The molecule has 0 heterocycles. The Bertz CT molecular complexity index is 396. The van der Waals surface area contributed by atoms with Crippen LogP contribution in [0.5, 0.6) is 5.75 Å². The lowest BCUT2D eigenvalue weighted by molar-refractivity contribution is 0.115. The molecule has 112 valence electrons. The number of hydrogen-bond donors (Lipinski definition) is 1. The maximum atomic E-state index is 5.89. The first kappa shape index (κ1) is 15.6. The lowest BCUT2D eigenvalue weighted by Crippen LogP contribution is -2.44. The van der Waals surface area contributed by atoms with Crippen molar-refractivity contribution in [3.63, 3.8) is 0 Å². The molecule has 1 aliphatic carbocycles. The standard InChI is InChI=1S/C16H25ClN2O/c1-19(16-5-3-2-4-13(16)12-18)10-11-20-15-8-6-14(17)7-9-15/h6-9,13,16H,2-5,10-12,18H2,1H3. The smallest absolute Gasteiger partial charge is 0.119 e. The zero-order valence-electron chi connectivity index (χ0n) is 12.2. The van der Waals surface area contributed by atoms with Crippen molar-refractivity contribution in [3.8, 4) is 5.75 Å². The van der Waals surface area contributed by atoms with E-state index in [0.717, 1.165) is 23.9 Å². The molecule has 20 heavy (non-hydrogen) atoms. The van der Waals surface area contributed by atoms with Gasteiger partial charge in [0.2, 0.25) is 0 Å². The number of ether oxygens (including phenoxy) is 1. The molecule has 4 heteroatoms. The summed E-state index contributed by atoms with van der Waals surface area (Å²) in [6.07, 6.45) is 5.18. The van der Waals surface area contributed by atoms with E-state index >= 15 is 0 Å². The zero-order valence-corrected chi connectivity index (χ0v) is 13.0. The van der Waals surface area contributed by atoms with Crippen LogP contribution in [-0.4, -0.2) is 37.7 Å². The minimum absolute atomic E-state index is 0.613. The average Bonchev–Trinajstić information content (AvgIpc) is 2.49. The molecule has 2 rings (SSSR count). The lowest BCUT2D eigenvalue weighted by atomic mass is 9.84. The number of rotatable bonds is 6. The monoisotopic (exact) mass is 296 g/mol. The van der Waals surface area contributed by atoms with Crippen LogP contribution >= 0.6 is 11.6 Å². The van der Waals surface area contributed by atoms with Crippen molar-refractivity contribution in [1.29, 1.82) is 0 Å². The van der Waals surface area contributed by atoms with Gasteiger partial charge in [0.25, 0.3) is 0 Å². The molecule has 2 N–H and O–H groups in total. The first-order valence-corrected chi connectivity index (χ1v) is 7.87. The van der Waals surface area contributed by atoms with Crippen LogP contribution in [0.4, 0.5) is 0 Å². The van der Waals surface area contributed by atoms with E-state index in [1.807, 2.05) is 24.3 Å². The molecule has 0 aromatic heterocycles. The van der Waals surface area contributed by atoms with E-state index in [1.165, 1.54) is 25.7 Å². The van der Waals surface area contributed by atoms with Gasteiger partial charge in [0.05, 0.1) is 0 Å². The summed E-state index contributed by atoms with van der Waals surface area (Å²) in [6.45, 7) is 2.43. The van der Waals surface area contributed by atoms with E-state index in [4.69, 9.17) is 22.1 Å². The highest BCUT2D eigenvalue weighted by molar-refractivity contribution is 6.30. The largest absolute Gasteiger partial charge is 0.492 e. The Balaban J connectivity index is 1.76. The molecule has 1 aromatic rings. The van der Waals surface area contributed by atoms with E-state index in [-0.39, 0.29) is 0 Å². The third kappa shape index (κ3) is 4.37. The summed E-state index contributed by atoms with van der Waals surface area (Å²) in [6, 6.07) is 8.14. The van der Waals surface area contributed by atoms with Gasteiger partial charge in [-0.05, 0) is 56.6 Å². The minimum Gasteiger partial charge on any atom is -0.492 e. The van der Waals surface area contributed by atoms with Crippen LogP contribution in [0.1, 0.15) is 25.7 Å². The van der Waals surface area contributed by atoms with Crippen molar-refractivity contribution in [3.05, 3.63) is 29.3 Å². The highest BCUT2D eigenvalue weighted by Gasteiger charge is 2.26. The van der Waals surface area contributed by atoms with Crippen molar-refractivity contribution in [2.24, 2.45) is 11.7 Å². The molecule has 1 saturated carbocycles. The molecule has 2 atom stereocenters. The summed E-state index contributed by atoms with van der Waals surface area (Å²) in [5, 5.41) is 0.738. The molecular weight excluding hydrogens is 272 g/mol. The Morgan fingerprint density at radius 1 is 1.25 bits per heavy atom. The molecule has 1 fully saturated rings. The van der Waals surface area contributed by atoms with Gasteiger partial charge in [-0.3, -0.25) is 4.90 Å². The van der Waals surface area contributed by atoms with Gasteiger partial charge in [-0.2, -0.15) is 0 Å². The summed E-state index contributed by atoms with van der Waals surface area (Å²) >= 11 is 5.85. The summed E-state index contributed by atoms with van der Waals surface area (Å²) in [4.78, 5) is 2.41. The lowest BCUT2D eigenvalue weighted by Gasteiger charge is -2.37. The summed E-state index contributed by atoms with van der Waals surface area (Å²) in [5.41, 5.74) is 5.89. The van der Waals surface area contributed by atoms with Crippen LogP contribution in [0.2, 0.25) is 5.02 Å². The van der Waals surface area contributed by atoms with Crippen molar-refractivity contribution in [1.82, 2.24) is 4.90 Å². The van der Waals surface area contributed by atoms with Crippen LogP contribution in [0.15, 0.2) is 24.3 Å². The molecule has 0 spiro atoms. The van der Waals surface area contributed by atoms with Gasteiger partial charge < -0.3 is 10.5 Å². The molecule has 0 bridgehead atoms. The van der Waals surface area contributed by atoms with E-state index in [2.05, 4.69) is 11.9 Å². The Morgan fingerprint density at radius 3 is 2.65 bits per heavy atom. The Morgan fingerprint density at radius 2 is 1.95 bits per heavy atom. The quantitative estimate of drug-likeness (QED) is 0.876. The molecule has 0 aliphatic heterocycles. The molecule has 1 aromatic carbocycles. The van der Waals surface area contributed by atoms with Gasteiger partial charge in [-0.1, -0.05) is 24.4 Å². The number of halogens is 1. The summed E-state index contributed by atoms with van der Waals surface area (Å²) in [5.74, 6) is 1.52. The second kappa shape index (κ2) is 7.87. The summed E-state index contributed by atoms with van der Waals surface area (Å²) in [7, 11) is 2.18. The molecule has 3 nitrogen and oxygen atoms in total. The maximum absolute atomic E-state index is 5.89. The predicted octanol–water partition coefficient (Wildman–Crippen LogP) is 3.17. The van der Waals surface area contributed by atoms with Crippen LogP contribution in [0.25, 0.3) is 0 Å². The van der Waals surface area contributed by atoms with Gasteiger partial charge in [0.15, 0.2) is 0 Å². The highest BCUT2D eigenvalue weighted by Crippen LogP contribution is 2.27.